The SMILES string of the molecule is COc1ccc(Cl)cc1C(O)C1(O)CCC(C)CC1. The van der Waals surface area contributed by atoms with Gasteiger partial charge in [-0.2, -0.15) is 0 Å². The molecule has 1 aromatic rings. The lowest BCUT2D eigenvalue weighted by molar-refractivity contribution is -0.106. The van der Waals surface area contributed by atoms with E-state index in [1.807, 2.05) is 0 Å². The van der Waals surface area contributed by atoms with E-state index in [0.29, 0.717) is 35.1 Å². The molecule has 2 N–H and O–H groups in total. The Balaban J connectivity index is 2.28. The maximum absolute atomic E-state index is 10.7. The number of rotatable bonds is 3. The number of aliphatic hydroxyl groups is 2. The molecule has 0 spiro atoms. The molecule has 1 saturated carbocycles. The molecule has 4 heteroatoms. The second-order valence-electron chi connectivity index (χ2n) is 5.57. The van der Waals surface area contributed by atoms with Gasteiger partial charge in [-0.15, -0.1) is 0 Å². The molecule has 0 aromatic heterocycles. The molecular weight excluding hydrogens is 264 g/mol. The van der Waals surface area contributed by atoms with Crippen LogP contribution in [-0.2, 0) is 0 Å². The fourth-order valence-corrected chi connectivity index (χ4v) is 2.92. The molecular formula is C15H21ClO3. The minimum absolute atomic E-state index is 0.530. The molecule has 0 amide bonds. The van der Waals surface area contributed by atoms with Crippen molar-refractivity contribution in [3.8, 4) is 5.75 Å². The van der Waals surface area contributed by atoms with E-state index in [2.05, 4.69) is 6.92 Å². The summed E-state index contributed by atoms with van der Waals surface area (Å²) in [6, 6.07) is 5.10. The van der Waals surface area contributed by atoms with Gasteiger partial charge in [0.15, 0.2) is 0 Å². The van der Waals surface area contributed by atoms with Crippen LogP contribution < -0.4 is 4.74 Å². The molecule has 106 valence electrons. The number of hydrogen-bond donors (Lipinski definition) is 2. The molecule has 0 heterocycles. The first-order valence-electron chi connectivity index (χ1n) is 6.70. The second-order valence-corrected chi connectivity index (χ2v) is 6.01. The number of hydrogen-bond acceptors (Lipinski definition) is 3. The monoisotopic (exact) mass is 284 g/mol. The van der Waals surface area contributed by atoms with Crippen molar-refractivity contribution in [2.45, 2.75) is 44.3 Å². The molecule has 1 aliphatic rings. The van der Waals surface area contributed by atoms with Gasteiger partial charge in [0.1, 0.15) is 11.9 Å². The van der Waals surface area contributed by atoms with Gasteiger partial charge in [-0.05, 0) is 49.8 Å². The van der Waals surface area contributed by atoms with E-state index in [1.54, 1.807) is 25.3 Å². The minimum atomic E-state index is -1.08. The van der Waals surface area contributed by atoms with Gasteiger partial charge in [0.05, 0.1) is 12.7 Å². The summed E-state index contributed by atoms with van der Waals surface area (Å²) in [6.45, 7) is 2.17. The number of methoxy groups -OCH3 is 1. The summed E-state index contributed by atoms with van der Waals surface area (Å²) in [5, 5.41) is 21.7. The Bertz CT molecular complexity index is 439. The van der Waals surface area contributed by atoms with Gasteiger partial charge in [0.25, 0.3) is 0 Å². The van der Waals surface area contributed by atoms with Crippen molar-refractivity contribution in [2.24, 2.45) is 5.92 Å². The van der Waals surface area contributed by atoms with Crippen molar-refractivity contribution >= 4 is 11.6 Å². The first kappa shape index (κ1) is 14.6. The normalized spacial score (nSPS) is 29.0. The second kappa shape index (κ2) is 5.70. The van der Waals surface area contributed by atoms with Crippen molar-refractivity contribution in [3.05, 3.63) is 28.8 Å². The van der Waals surface area contributed by atoms with E-state index >= 15 is 0 Å². The minimum Gasteiger partial charge on any atom is -0.496 e. The van der Waals surface area contributed by atoms with Crippen LogP contribution in [0.4, 0.5) is 0 Å². The zero-order valence-corrected chi connectivity index (χ0v) is 12.2. The van der Waals surface area contributed by atoms with Crippen molar-refractivity contribution in [3.63, 3.8) is 0 Å². The van der Waals surface area contributed by atoms with Crippen LogP contribution in [0.2, 0.25) is 5.02 Å². The number of aliphatic hydroxyl groups excluding tert-OH is 1. The Labute approximate surface area is 119 Å². The molecule has 1 aromatic carbocycles. The predicted molar refractivity (Wildman–Crippen MR) is 75.5 cm³/mol. The maximum Gasteiger partial charge on any atom is 0.124 e. The van der Waals surface area contributed by atoms with Gasteiger partial charge in [-0.3, -0.25) is 0 Å². The Morgan fingerprint density at radius 2 is 2.00 bits per heavy atom. The molecule has 0 radical (unpaired) electrons. The largest absolute Gasteiger partial charge is 0.496 e. The summed E-state index contributed by atoms with van der Waals surface area (Å²) in [5.74, 6) is 1.16. The van der Waals surface area contributed by atoms with Crippen molar-refractivity contribution in [2.75, 3.05) is 7.11 Å². The van der Waals surface area contributed by atoms with Crippen molar-refractivity contribution < 1.29 is 14.9 Å². The van der Waals surface area contributed by atoms with E-state index < -0.39 is 11.7 Å². The van der Waals surface area contributed by atoms with Gasteiger partial charge < -0.3 is 14.9 Å². The van der Waals surface area contributed by atoms with Gasteiger partial charge >= 0.3 is 0 Å². The van der Waals surface area contributed by atoms with Gasteiger partial charge in [-0.1, -0.05) is 18.5 Å². The molecule has 2 rings (SSSR count). The summed E-state index contributed by atoms with van der Waals surface area (Å²) in [4.78, 5) is 0. The molecule has 3 nitrogen and oxygen atoms in total. The van der Waals surface area contributed by atoms with Crippen LogP contribution in [0.15, 0.2) is 18.2 Å². The molecule has 19 heavy (non-hydrogen) atoms. The lowest BCUT2D eigenvalue weighted by Crippen LogP contribution is -2.40. The fourth-order valence-electron chi connectivity index (χ4n) is 2.74. The summed E-state index contributed by atoms with van der Waals surface area (Å²) in [6.07, 6.45) is 2.09. The fraction of sp³-hybridized carbons (Fsp3) is 0.600. The van der Waals surface area contributed by atoms with Crippen LogP contribution in [0, 0.1) is 5.92 Å². The van der Waals surface area contributed by atoms with Gasteiger partial charge in [0, 0.05) is 10.6 Å². The van der Waals surface area contributed by atoms with E-state index in [1.165, 1.54) is 0 Å². The number of halogens is 1. The molecule has 1 unspecified atom stereocenters. The Morgan fingerprint density at radius 1 is 1.37 bits per heavy atom. The number of ether oxygens (including phenoxy) is 1. The highest BCUT2D eigenvalue weighted by Crippen LogP contribution is 2.43. The van der Waals surface area contributed by atoms with E-state index in [9.17, 15) is 10.2 Å². The molecule has 0 aliphatic heterocycles. The Morgan fingerprint density at radius 3 is 2.58 bits per heavy atom. The maximum atomic E-state index is 10.7. The zero-order valence-electron chi connectivity index (χ0n) is 11.4. The van der Waals surface area contributed by atoms with Crippen LogP contribution >= 0.6 is 11.6 Å². The quantitative estimate of drug-likeness (QED) is 0.895. The third kappa shape index (κ3) is 3.04. The highest BCUT2D eigenvalue weighted by atomic mass is 35.5. The average Bonchev–Trinajstić information content (AvgIpc) is 2.41. The Kier molecular flexibility index (Phi) is 4.39. The van der Waals surface area contributed by atoms with Crippen LogP contribution in [0.1, 0.15) is 44.3 Å². The topological polar surface area (TPSA) is 49.7 Å². The summed E-state index contributed by atoms with van der Waals surface area (Å²) in [5.41, 5.74) is -0.517. The molecule has 1 aliphatic carbocycles. The lowest BCUT2D eigenvalue weighted by atomic mass is 9.75. The summed E-state index contributed by atoms with van der Waals surface area (Å²) < 4.78 is 5.25. The smallest absolute Gasteiger partial charge is 0.124 e. The van der Waals surface area contributed by atoms with Gasteiger partial charge in [-0.25, -0.2) is 0 Å². The van der Waals surface area contributed by atoms with E-state index in [-0.39, 0.29) is 0 Å². The zero-order chi connectivity index (χ0) is 14.0. The molecule has 0 bridgehead atoms. The van der Waals surface area contributed by atoms with E-state index in [0.717, 1.165) is 12.8 Å². The third-order valence-electron chi connectivity index (χ3n) is 4.14. The van der Waals surface area contributed by atoms with E-state index in [4.69, 9.17) is 16.3 Å². The number of benzene rings is 1. The van der Waals surface area contributed by atoms with Crippen LogP contribution in [0.5, 0.6) is 5.75 Å². The molecule has 0 saturated heterocycles. The standard InChI is InChI=1S/C15H21ClO3/c1-10-5-7-15(18,8-6-10)14(17)12-9-11(16)3-4-13(12)19-2/h3-4,9-10,14,17-18H,5-8H2,1-2H3. The Hall–Kier alpha value is -0.770. The predicted octanol–water partition coefficient (Wildman–Crippen LogP) is 3.32. The highest BCUT2D eigenvalue weighted by Gasteiger charge is 2.40. The first-order valence-corrected chi connectivity index (χ1v) is 7.08. The summed E-state index contributed by atoms with van der Waals surface area (Å²) >= 11 is 5.98. The third-order valence-corrected chi connectivity index (χ3v) is 4.37. The lowest BCUT2D eigenvalue weighted by Gasteiger charge is -2.39. The van der Waals surface area contributed by atoms with Crippen LogP contribution in [0.25, 0.3) is 0 Å². The van der Waals surface area contributed by atoms with Crippen molar-refractivity contribution in [1.29, 1.82) is 0 Å². The molecule has 1 atom stereocenters. The molecule has 1 fully saturated rings. The average molecular weight is 285 g/mol. The van der Waals surface area contributed by atoms with Crippen LogP contribution in [0.3, 0.4) is 0 Å². The first-order chi connectivity index (χ1) is 8.96. The summed E-state index contributed by atoms with van der Waals surface area (Å²) in [7, 11) is 1.55. The highest BCUT2D eigenvalue weighted by molar-refractivity contribution is 6.30. The van der Waals surface area contributed by atoms with Gasteiger partial charge in [0.2, 0.25) is 0 Å². The van der Waals surface area contributed by atoms with Crippen molar-refractivity contribution in [1.82, 2.24) is 0 Å². The van der Waals surface area contributed by atoms with Crippen LogP contribution in [-0.4, -0.2) is 22.9 Å².